The number of carbonyl (C=O) groups excluding carboxylic acids is 1. The maximum Gasteiger partial charge on any atom is 0.316 e. The second kappa shape index (κ2) is 5.51. The van der Waals surface area contributed by atoms with Crippen LogP contribution >= 0.6 is 0 Å². The van der Waals surface area contributed by atoms with Crippen LogP contribution in [0.5, 0.6) is 0 Å². The van der Waals surface area contributed by atoms with Crippen molar-refractivity contribution in [3.8, 4) is 0 Å². The number of esters is 1. The van der Waals surface area contributed by atoms with Gasteiger partial charge in [-0.1, -0.05) is 30.9 Å². The molecular formula is C16H18N2O2. The van der Waals surface area contributed by atoms with Gasteiger partial charge in [-0.3, -0.25) is 4.79 Å². The Morgan fingerprint density at radius 1 is 1.45 bits per heavy atom. The smallest absolute Gasteiger partial charge is 0.316 e. The van der Waals surface area contributed by atoms with E-state index in [1.165, 1.54) is 10.9 Å². The summed E-state index contributed by atoms with van der Waals surface area (Å²) in [5, 5.41) is 4.51. The van der Waals surface area contributed by atoms with Crippen molar-refractivity contribution < 1.29 is 9.53 Å². The van der Waals surface area contributed by atoms with Crippen molar-refractivity contribution in [1.82, 2.24) is 10.3 Å². The lowest BCUT2D eigenvalue weighted by Gasteiger charge is -2.13. The summed E-state index contributed by atoms with van der Waals surface area (Å²) in [6.45, 7) is 5.31. The van der Waals surface area contributed by atoms with E-state index >= 15 is 0 Å². The van der Waals surface area contributed by atoms with Gasteiger partial charge < -0.3 is 15.0 Å². The molecule has 0 spiro atoms. The van der Waals surface area contributed by atoms with Crippen molar-refractivity contribution in [3.05, 3.63) is 48.2 Å². The zero-order chi connectivity index (χ0) is 13.9. The van der Waals surface area contributed by atoms with E-state index < -0.39 is 0 Å². The fourth-order valence-electron chi connectivity index (χ4n) is 2.79. The molecule has 1 aromatic heterocycles. The van der Waals surface area contributed by atoms with E-state index in [0.29, 0.717) is 6.54 Å². The van der Waals surface area contributed by atoms with Crippen LogP contribution in [-0.2, 0) is 16.0 Å². The SMILES string of the molecule is C=CCOC(=O)C1CNCCc2c1[nH]c1ccccc21. The number of H-pyrrole nitrogens is 1. The molecule has 0 aliphatic carbocycles. The van der Waals surface area contributed by atoms with E-state index in [2.05, 4.69) is 22.9 Å². The van der Waals surface area contributed by atoms with Crippen LogP contribution in [0, 0.1) is 0 Å². The molecule has 3 rings (SSSR count). The molecule has 1 atom stereocenters. The molecular weight excluding hydrogens is 252 g/mol. The van der Waals surface area contributed by atoms with Crippen molar-refractivity contribution in [2.75, 3.05) is 19.7 Å². The van der Waals surface area contributed by atoms with Crippen LogP contribution in [0.2, 0.25) is 0 Å². The fraction of sp³-hybridized carbons (Fsp3) is 0.312. The Bertz CT molecular complexity index is 645. The molecule has 104 valence electrons. The first kappa shape index (κ1) is 12.9. The molecule has 0 saturated heterocycles. The number of benzene rings is 1. The van der Waals surface area contributed by atoms with Gasteiger partial charge in [-0.2, -0.15) is 0 Å². The van der Waals surface area contributed by atoms with E-state index in [1.807, 2.05) is 18.2 Å². The molecule has 2 heterocycles. The Morgan fingerprint density at radius 2 is 2.30 bits per heavy atom. The van der Waals surface area contributed by atoms with Gasteiger partial charge in [-0.05, 0) is 24.6 Å². The standard InChI is InChI=1S/C16H18N2O2/c1-2-9-20-16(19)13-10-17-8-7-12-11-5-3-4-6-14(11)18-15(12)13/h2-6,13,17-18H,1,7-10H2. The number of nitrogens with one attached hydrogen (secondary N) is 2. The molecule has 0 saturated carbocycles. The molecule has 1 unspecified atom stereocenters. The van der Waals surface area contributed by atoms with Crippen LogP contribution < -0.4 is 5.32 Å². The average Bonchev–Trinajstić information content (AvgIpc) is 2.70. The third-order valence-electron chi connectivity index (χ3n) is 3.72. The van der Waals surface area contributed by atoms with Crippen molar-refractivity contribution in [2.45, 2.75) is 12.3 Å². The number of para-hydroxylation sites is 1. The number of rotatable bonds is 3. The largest absolute Gasteiger partial charge is 0.461 e. The number of aromatic amines is 1. The lowest BCUT2D eigenvalue weighted by Crippen LogP contribution is -2.27. The number of fused-ring (bicyclic) bond motifs is 3. The minimum atomic E-state index is -0.278. The highest BCUT2D eigenvalue weighted by molar-refractivity contribution is 5.88. The van der Waals surface area contributed by atoms with E-state index in [0.717, 1.165) is 24.2 Å². The molecule has 0 radical (unpaired) electrons. The predicted octanol–water partition coefficient (Wildman–Crippen LogP) is 2.13. The highest BCUT2D eigenvalue weighted by Gasteiger charge is 2.29. The average molecular weight is 270 g/mol. The summed E-state index contributed by atoms with van der Waals surface area (Å²) >= 11 is 0. The first-order valence-corrected chi connectivity index (χ1v) is 6.89. The maximum atomic E-state index is 12.2. The lowest BCUT2D eigenvalue weighted by molar-refractivity contribution is -0.144. The molecule has 4 nitrogen and oxygen atoms in total. The normalized spacial score (nSPS) is 18.3. The highest BCUT2D eigenvalue weighted by Crippen LogP contribution is 2.30. The Balaban J connectivity index is 2.02. The molecule has 1 aliphatic heterocycles. The molecule has 1 aliphatic rings. The van der Waals surface area contributed by atoms with Crippen molar-refractivity contribution in [1.29, 1.82) is 0 Å². The molecule has 0 amide bonds. The van der Waals surface area contributed by atoms with Crippen LogP contribution in [0.3, 0.4) is 0 Å². The lowest BCUT2D eigenvalue weighted by atomic mass is 10.00. The van der Waals surface area contributed by atoms with Gasteiger partial charge in [-0.25, -0.2) is 0 Å². The Morgan fingerprint density at radius 3 is 3.15 bits per heavy atom. The number of hydrogen-bond acceptors (Lipinski definition) is 3. The van der Waals surface area contributed by atoms with Gasteiger partial charge in [0.2, 0.25) is 0 Å². The summed E-state index contributed by atoms with van der Waals surface area (Å²) in [5.41, 5.74) is 3.30. The van der Waals surface area contributed by atoms with E-state index in [4.69, 9.17) is 4.74 Å². The first-order chi connectivity index (χ1) is 9.81. The summed E-state index contributed by atoms with van der Waals surface area (Å²) < 4.78 is 5.22. The Kier molecular flexibility index (Phi) is 3.56. The van der Waals surface area contributed by atoms with Gasteiger partial charge in [0.05, 0.1) is 0 Å². The first-order valence-electron chi connectivity index (χ1n) is 6.89. The van der Waals surface area contributed by atoms with Crippen molar-refractivity contribution >= 4 is 16.9 Å². The van der Waals surface area contributed by atoms with Gasteiger partial charge in [-0.15, -0.1) is 0 Å². The Labute approximate surface area is 117 Å². The van der Waals surface area contributed by atoms with E-state index in [-0.39, 0.29) is 18.5 Å². The van der Waals surface area contributed by atoms with Crippen LogP contribution in [0.4, 0.5) is 0 Å². The van der Waals surface area contributed by atoms with E-state index in [9.17, 15) is 4.79 Å². The highest BCUT2D eigenvalue weighted by atomic mass is 16.5. The second-order valence-corrected chi connectivity index (χ2v) is 4.99. The fourth-order valence-corrected chi connectivity index (χ4v) is 2.79. The van der Waals surface area contributed by atoms with Crippen LogP contribution in [0.25, 0.3) is 10.9 Å². The topological polar surface area (TPSA) is 54.1 Å². The van der Waals surface area contributed by atoms with Crippen LogP contribution in [0.15, 0.2) is 36.9 Å². The zero-order valence-corrected chi connectivity index (χ0v) is 11.3. The molecule has 20 heavy (non-hydrogen) atoms. The summed E-state index contributed by atoms with van der Waals surface area (Å²) in [4.78, 5) is 15.6. The minimum absolute atomic E-state index is 0.202. The van der Waals surface area contributed by atoms with Crippen molar-refractivity contribution in [3.63, 3.8) is 0 Å². The maximum absolute atomic E-state index is 12.2. The molecule has 0 fully saturated rings. The van der Waals surface area contributed by atoms with Gasteiger partial charge in [0.15, 0.2) is 0 Å². The minimum Gasteiger partial charge on any atom is -0.461 e. The predicted molar refractivity (Wildman–Crippen MR) is 78.8 cm³/mol. The third-order valence-corrected chi connectivity index (χ3v) is 3.72. The van der Waals surface area contributed by atoms with Gasteiger partial charge in [0.25, 0.3) is 0 Å². The van der Waals surface area contributed by atoms with Gasteiger partial charge in [0.1, 0.15) is 12.5 Å². The second-order valence-electron chi connectivity index (χ2n) is 4.99. The number of hydrogen-bond donors (Lipinski definition) is 2. The quantitative estimate of drug-likeness (QED) is 0.663. The van der Waals surface area contributed by atoms with Crippen LogP contribution in [0.1, 0.15) is 17.2 Å². The Hall–Kier alpha value is -2.07. The van der Waals surface area contributed by atoms with Crippen LogP contribution in [-0.4, -0.2) is 30.6 Å². The molecule has 2 aromatic rings. The van der Waals surface area contributed by atoms with Gasteiger partial charge in [0, 0.05) is 23.1 Å². The summed E-state index contributed by atoms with van der Waals surface area (Å²) in [6.07, 6.45) is 2.51. The van der Waals surface area contributed by atoms with Crippen molar-refractivity contribution in [2.24, 2.45) is 0 Å². The number of aromatic nitrogens is 1. The molecule has 2 N–H and O–H groups in total. The summed E-state index contributed by atoms with van der Waals surface area (Å²) in [6, 6.07) is 8.17. The number of ether oxygens (including phenoxy) is 1. The molecule has 0 bridgehead atoms. The third kappa shape index (κ3) is 2.23. The number of carbonyl (C=O) groups is 1. The molecule has 4 heteroatoms. The van der Waals surface area contributed by atoms with Gasteiger partial charge >= 0.3 is 5.97 Å². The molecule has 1 aromatic carbocycles. The monoisotopic (exact) mass is 270 g/mol. The van der Waals surface area contributed by atoms with E-state index in [1.54, 1.807) is 6.08 Å². The zero-order valence-electron chi connectivity index (χ0n) is 11.3. The summed E-state index contributed by atoms with van der Waals surface area (Å²) in [5.74, 6) is -0.480. The summed E-state index contributed by atoms with van der Waals surface area (Å²) in [7, 11) is 0.